The topological polar surface area (TPSA) is 66.9 Å². The number of thioether (sulfide) groups is 1. The summed E-state index contributed by atoms with van der Waals surface area (Å²) >= 11 is 1.75. The highest BCUT2D eigenvalue weighted by molar-refractivity contribution is 7.99. The minimum Gasteiger partial charge on any atom is -0.497 e. The maximum Gasteiger partial charge on any atom is 0.243 e. The highest BCUT2D eigenvalue weighted by Crippen LogP contribution is 2.36. The van der Waals surface area contributed by atoms with Gasteiger partial charge in [0.15, 0.2) is 0 Å². The van der Waals surface area contributed by atoms with Crippen molar-refractivity contribution in [1.82, 2.24) is 4.31 Å². The van der Waals surface area contributed by atoms with Crippen LogP contribution in [0.3, 0.4) is 0 Å². The van der Waals surface area contributed by atoms with E-state index in [0.29, 0.717) is 31.7 Å². The summed E-state index contributed by atoms with van der Waals surface area (Å²) in [4.78, 5) is 16.5. The molecular weight excluding hydrogens is 408 g/mol. The number of piperidine rings is 1. The van der Waals surface area contributed by atoms with E-state index in [1.807, 2.05) is 29.2 Å². The number of hydrogen-bond acceptors (Lipinski definition) is 5. The summed E-state index contributed by atoms with van der Waals surface area (Å²) in [6, 6.07) is 14.3. The zero-order chi connectivity index (χ0) is 20.4. The lowest BCUT2D eigenvalue weighted by Crippen LogP contribution is -2.48. The third kappa shape index (κ3) is 4.01. The van der Waals surface area contributed by atoms with E-state index in [1.165, 1.54) is 4.31 Å². The summed E-state index contributed by atoms with van der Waals surface area (Å²) in [5, 5.41) is 0. The molecule has 0 aliphatic carbocycles. The van der Waals surface area contributed by atoms with Crippen LogP contribution >= 0.6 is 11.8 Å². The van der Waals surface area contributed by atoms with E-state index in [1.54, 1.807) is 43.1 Å². The number of benzene rings is 2. The zero-order valence-corrected chi connectivity index (χ0v) is 17.9. The normalized spacial score (nSPS) is 20.2. The zero-order valence-electron chi connectivity index (χ0n) is 16.3. The maximum absolute atomic E-state index is 13.3. The first-order chi connectivity index (χ1) is 14.0. The number of anilines is 1. The van der Waals surface area contributed by atoms with Gasteiger partial charge in [-0.15, -0.1) is 11.8 Å². The van der Waals surface area contributed by atoms with Crippen molar-refractivity contribution in [2.45, 2.75) is 22.6 Å². The molecule has 2 aromatic rings. The Morgan fingerprint density at radius 2 is 1.86 bits per heavy atom. The fourth-order valence-corrected chi connectivity index (χ4v) is 6.40. The molecule has 0 radical (unpaired) electrons. The number of para-hydroxylation sites is 1. The smallest absolute Gasteiger partial charge is 0.243 e. The molecule has 6 nitrogen and oxygen atoms in total. The number of fused-ring (bicyclic) bond motifs is 1. The fourth-order valence-electron chi connectivity index (χ4n) is 3.88. The molecule has 1 saturated heterocycles. The summed E-state index contributed by atoms with van der Waals surface area (Å²) in [5.41, 5.74) is 0.934. The molecule has 0 spiro atoms. The van der Waals surface area contributed by atoms with Crippen LogP contribution in [0, 0.1) is 5.92 Å². The van der Waals surface area contributed by atoms with Gasteiger partial charge < -0.3 is 9.64 Å². The third-order valence-electron chi connectivity index (χ3n) is 5.43. The number of ether oxygens (including phenoxy) is 1. The lowest BCUT2D eigenvalue weighted by molar-refractivity contribution is -0.123. The van der Waals surface area contributed by atoms with Gasteiger partial charge in [-0.3, -0.25) is 4.79 Å². The van der Waals surface area contributed by atoms with Gasteiger partial charge in [-0.05, 0) is 49.2 Å². The molecule has 0 bridgehead atoms. The first-order valence-electron chi connectivity index (χ1n) is 9.68. The quantitative estimate of drug-likeness (QED) is 0.742. The van der Waals surface area contributed by atoms with E-state index >= 15 is 0 Å². The molecule has 2 aliphatic heterocycles. The van der Waals surface area contributed by atoms with Gasteiger partial charge in [0.2, 0.25) is 15.9 Å². The van der Waals surface area contributed by atoms with Crippen LogP contribution in [0.5, 0.6) is 5.75 Å². The SMILES string of the molecule is COc1ccc(S(=O)(=O)N2CCCC(C(=O)N3CCSc4ccccc43)C2)cc1. The van der Waals surface area contributed by atoms with Crippen molar-refractivity contribution in [3.63, 3.8) is 0 Å². The third-order valence-corrected chi connectivity index (χ3v) is 8.35. The average molecular weight is 433 g/mol. The maximum atomic E-state index is 13.3. The highest BCUT2D eigenvalue weighted by atomic mass is 32.2. The Morgan fingerprint density at radius 1 is 1.10 bits per heavy atom. The van der Waals surface area contributed by atoms with Gasteiger partial charge in [0, 0.05) is 30.3 Å². The van der Waals surface area contributed by atoms with Crippen molar-refractivity contribution in [3.8, 4) is 5.75 Å². The summed E-state index contributed by atoms with van der Waals surface area (Å²) in [7, 11) is -2.10. The van der Waals surface area contributed by atoms with Crippen LogP contribution in [0.15, 0.2) is 58.3 Å². The monoisotopic (exact) mass is 432 g/mol. The van der Waals surface area contributed by atoms with Crippen molar-refractivity contribution in [1.29, 1.82) is 0 Å². The van der Waals surface area contributed by atoms with Crippen molar-refractivity contribution >= 4 is 33.4 Å². The van der Waals surface area contributed by atoms with Crippen LogP contribution in [0.4, 0.5) is 5.69 Å². The predicted octanol–water partition coefficient (Wildman–Crippen LogP) is 3.23. The lowest BCUT2D eigenvalue weighted by atomic mass is 9.97. The molecule has 1 atom stereocenters. The van der Waals surface area contributed by atoms with Crippen molar-refractivity contribution in [2.24, 2.45) is 5.92 Å². The molecule has 2 heterocycles. The lowest BCUT2D eigenvalue weighted by Gasteiger charge is -2.36. The fraction of sp³-hybridized carbons (Fsp3) is 0.381. The van der Waals surface area contributed by atoms with Crippen molar-refractivity contribution in [3.05, 3.63) is 48.5 Å². The molecule has 4 rings (SSSR count). The predicted molar refractivity (Wildman–Crippen MR) is 114 cm³/mol. The van der Waals surface area contributed by atoms with Gasteiger partial charge >= 0.3 is 0 Å². The minimum atomic E-state index is -3.64. The minimum absolute atomic E-state index is 0.0207. The van der Waals surface area contributed by atoms with Crippen molar-refractivity contribution in [2.75, 3.05) is 37.4 Å². The molecule has 1 fully saturated rings. The molecule has 0 saturated carbocycles. The molecule has 1 unspecified atom stereocenters. The summed E-state index contributed by atoms with van der Waals surface area (Å²) < 4.78 is 32.7. The summed E-state index contributed by atoms with van der Waals surface area (Å²) in [6.45, 7) is 1.31. The first-order valence-corrected chi connectivity index (χ1v) is 12.1. The molecule has 154 valence electrons. The second-order valence-electron chi connectivity index (χ2n) is 7.18. The number of hydrogen-bond donors (Lipinski definition) is 0. The average Bonchev–Trinajstić information content (AvgIpc) is 2.78. The van der Waals surface area contributed by atoms with E-state index in [2.05, 4.69) is 0 Å². The van der Waals surface area contributed by atoms with E-state index in [9.17, 15) is 13.2 Å². The van der Waals surface area contributed by atoms with Gasteiger partial charge in [-0.25, -0.2) is 8.42 Å². The number of amides is 1. The van der Waals surface area contributed by atoms with Crippen LogP contribution in [-0.4, -0.2) is 51.1 Å². The highest BCUT2D eigenvalue weighted by Gasteiger charge is 2.36. The Labute approximate surface area is 175 Å². The molecule has 1 amide bonds. The number of methoxy groups -OCH3 is 1. The Balaban J connectivity index is 1.53. The van der Waals surface area contributed by atoms with Crippen molar-refractivity contribution < 1.29 is 17.9 Å². The summed E-state index contributed by atoms with van der Waals surface area (Å²) in [6.07, 6.45) is 1.38. The Hall–Kier alpha value is -2.03. The second-order valence-corrected chi connectivity index (χ2v) is 10.3. The van der Waals surface area contributed by atoms with E-state index in [4.69, 9.17) is 4.74 Å². The van der Waals surface area contributed by atoms with Gasteiger partial charge in [-0.1, -0.05) is 12.1 Å². The standard InChI is InChI=1S/C21H24N2O4S2/c1-27-17-8-10-18(11-9-17)29(25,26)22-12-4-5-16(15-22)21(24)23-13-14-28-20-7-3-2-6-19(20)23/h2-3,6-11,16H,4-5,12-15H2,1H3. The Bertz CT molecular complexity index is 992. The van der Waals surface area contributed by atoms with Crippen LogP contribution in [0.2, 0.25) is 0 Å². The van der Waals surface area contributed by atoms with Gasteiger partial charge in [0.25, 0.3) is 0 Å². The Morgan fingerprint density at radius 3 is 2.62 bits per heavy atom. The molecule has 2 aliphatic rings. The molecule has 0 aromatic heterocycles. The van der Waals surface area contributed by atoms with Gasteiger partial charge in [0.05, 0.1) is 23.6 Å². The molecule has 2 aromatic carbocycles. The van der Waals surface area contributed by atoms with Gasteiger partial charge in [0.1, 0.15) is 5.75 Å². The molecule has 8 heteroatoms. The van der Waals surface area contributed by atoms with Crippen LogP contribution in [-0.2, 0) is 14.8 Å². The van der Waals surface area contributed by atoms with Crippen LogP contribution in [0.25, 0.3) is 0 Å². The number of carbonyl (C=O) groups is 1. The van der Waals surface area contributed by atoms with Crippen LogP contribution < -0.4 is 9.64 Å². The molecular formula is C21H24N2O4S2. The number of rotatable bonds is 4. The van der Waals surface area contributed by atoms with Gasteiger partial charge in [-0.2, -0.15) is 4.31 Å². The summed E-state index contributed by atoms with van der Waals surface area (Å²) in [5.74, 6) is 1.15. The number of nitrogens with zero attached hydrogens (tertiary/aromatic N) is 2. The van der Waals surface area contributed by atoms with Crippen LogP contribution in [0.1, 0.15) is 12.8 Å². The van der Waals surface area contributed by atoms with E-state index in [-0.39, 0.29) is 23.3 Å². The number of sulfonamides is 1. The van der Waals surface area contributed by atoms with E-state index in [0.717, 1.165) is 16.3 Å². The first kappa shape index (κ1) is 20.3. The number of carbonyl (C=O) groups excluding carboxylic acids is 1. The second kappa shape index (κ2) is 8.38. The molecule has 29 heavy (non-hydrogen) atoms. The molecule has 0 N–H and O–H groups in total. The Kier molecular flexibility index (Phi) is 5.85. The largest absolute Gasteiger partial charge is 0.497 e. The van der Waals surface area contributed by atoms with E-state index < -0.39 is 10.0 Å².